The maximum atomic E-state index is 5.78. The average Bonchev–Trinajstić information content (AvgIpc) is 2.06. The van der Waals surface area contributed by atoms with E-state index >= 15 is 0 Å². The third kappa shape index (κ3) is 3.89. The van der Waals surface area contributed by atoms with Gasteiger partial charge in [-0.25, -0.2) is 4.99 Å². The summed E-state index contributed by atoms with van der Waals surface area (Å²) >= 11 is 0. The molecule has 1 rings (SSSR count). The molecule has 98 valence electrons. The normalized spacial score (nSPS) is 19.9. The van der Waals surface area contributed by atoms with Crippen LogP contribution in [0.4, 0.5) is 0 Å². The fraction of sp³-hybridized carbons (Fsp3) is 0.818. The molecule has 1 aliphatic heterocycles. The third-order valence-electron chi connectivity index (χ3n) is 2.39. The molecule has 0 atom stereocenters. The number of guanidine groups is 2. The summed E-state index contributed by atoms with van der Waals surface area (Å²) in [5, 5.41) is 1.51. The van der Waals surface area contributed by atoms with E-state index in [9.17, 15) is 0 Å². The van der Waals surface area contributed by atoms with Crippen molar-refractivity contribution in [3.63, 3.8) is 0 Å². The minimum atomic E-state index is -0.617. The van der Waals surface area contributed by atoms with E-state index in [1.807, 2.05) is 13.8 Å². The SMILES string of the molecule is CC(C)(C)CCON1C(N)=NC(N)=NC1(C)C. The number of rotatable bonds is 3. The number of nitrogens with zero attached hydrogens (tertiary/aromatic N) is 3. The van der Waals surface area contributed by atoms with E-state index in [0.717, 1.165) is 6.42 Å². The molecule has 0 radical (unpaired) electrons. The van der Waals surface area contributed by atoms with Crippen LogP contribution in [-0.4, -0.2) is 29.3 Å². The Morgan fingerprint density at radius 3 is 2.35 bits per heavy atom. The van der Waals surface area contributed by atoms with Crippen LogP contribution >= 0.6 is 0 Å². The van der Waals surface area contributed by atoms with E-state index < -0.39 is 5.66 Å². The number of hydrogen-bond acceptors (Lipinski definition) is 6. The number of nitrogens with two attached hydrogens (primary N) is 2. The molecule has 0 saturated carbocycles. The van der Waals surface area contributed by atoms with E-state index in [1.54, 1.807) is 0 Å². The van der Waals surface area contributed by atoms with E-state index in [0.29, 0.717) is 6.61 Å². The second kappa shape index (κ2) is 4.52. The average molecular weight is 241 g/mol. The van der Waals surface area contributed by atoms with Gasteiger partial charge in [-0.15, -0.1) is 0 Å². The first-order valence-corrected chi connectivity index (χ1v) is 5.74. The molecule has 0 fully saturated rings. The molecule has 1 aliphatic rings. The summed E-state index contributed by atoms with van der Waals surface area (Å²) < 4.78 is 0. The molecule has 0 spiro atoms. The molecule has 0 aromatic carbocycles. The Morgan fingerprint density at radius 1 is 1.29 bits per heavy atom. The van der Waals surface area contributed by atoms with Crippen molar-refractivity contribution in [2.45, 2.75) is 46.7 Å². The lowest BCUT2D eigenvalue weighted by atomic mass is 9.93. The van der Waals surface area contributed by atoms with Gasteiger partial charge in [-0.1, -0.05) is 20.8 Å². The van der Waals surface area contributed by atoms with Crippen molar-refractivity contribution < 1.29 is 4.84 Å². The first kappa shape index (κ1) is 13.8. The van der Waals surface area contributed by atoms with E-state index in [2.05, 4.69) is 30.8 Å². The highest BCUT2D eigenvalue weighted by molar-refractivity contribution is 5.95. The standard InChI is InChI=1S/C11H23N5O/c1-10(2,3)6-7-17-16-9(13)14-8(12)15-11(16,4)5/h6-7H2,1-5H3,(H4,12,13,14,15). The van der Waals surface area contributed by atoms with Crippen LogP contribution in [0.15, 0.2) is 9.98 Å². The zero-order valence-corrected chi connectivity index (χ0v) is 11.3. The van der Waals surface area contributed by atoms with Crippen molar-refractivity contribution in [3.05, 3.63) is 0 Å². The van der Waals surface area contributed by atoms with Gasteiger partial charge in [-0.2, -0.15) is 10.1 Å². The highest BCUT2D eigenvalue weighted by Crippen LogP contribution is 2.22. The first-order valence-electron chi connectivity index (χ1n) is 5.74. The molecule has 0 amide bonds. The van der Waals surface area contributed by atoms with E-state index in [1.165, 1.54) is 5.06 Å². The number of aliphatic imine (C=N–C) groups is 2. The molecule has 0 aromatic rings. The Kier molecular flexibility index (Phi) is 3.66. The van der Waals surface area contributed by atoms with Crippen LogP contribution in [0.1, 0.15) is 41.0 Å². The van der Waals surface area contributed by atoms with Crippen molar-refractivity contribution >= 4 is 11.9 Å². The maximum absolute atomic E-state index is 5.78. The molecule has 0 unspecified atom stereocenters. The van der Waals surface area contributed by atoms with Crippen molar-refractivity contribution in [2.24, 2.45) is 26.9 Å². The van der Waals surface area contributed by atoms with Gasteiger partial charge in [-0.3, -0.25) is 4.84 Å². The van der Waals surface area contributed by atoms with Crippen LogP contribution < -0.4 is 11.5 Å². The molecule has 1 heterocycles. The van der Waals surface area contributed by atoms with Gasteiger partial charge in [0.1, 0.15) is 0 Å². The van der Waals surface area contributed by atoms with E-state index in [4.69, 9.17) is 16.3 Å². The van der Waals surface area contributed by atoms with Crippen LogP contribution in [0.25, 0.3) is 0 Å². The van der Waals surface area contributed by atoms with Crippen LogP contribution in [0.2, 0.25) is 0 Å². The molecule has 6 heteroatoms. The van der Waals surface area contributed by atoms with Crippen LogP contribution in [0.3, 0.4) is 0 Å². The summed E-state index contributed by atoms with van der Waals surface area (Å²) in [5.74, 6) is 0.430. The molecular weight excluding hydrogens is 218 g/mol. The zero-order valence-electron chi connectivity index (χ0n) is 11.3. The lowest BCUT2D eigenvalue weighted by Gasteiger charge is -2.37. The molecule has 0 aliphatic carbocycles. The molecule has 0 saturated heterocycles. The Balaban J connectivity index is 2.62. The van der Waals surface area contributed by atoms with Crippen molar-refractivity contribution in [1.82, 2.24) is 5.06 Å². The molecular formula is C11H23N5O. The zero-order chi connectivity index (χ0) is 13.3. The Morgan fingerprint density at radius 2 is 1.88 bits per heavy atom. The van der Waals surface area contributed by atoms with Gasteiger partial charge in [0, 0.05) is 0 Å². The van der Waals surface area contributed by atoms with Crippen molar-refractivity contribution in [3.8, 4) is 0 Å². The summed E-state index contributed by atoms with van der Waals surface area (Å²) in [4.78, 5) is 13.7. The summed E-state index contributed by atoms with van der Waals surface area (Å²) in [7, 11) is 0. The first-order chi connectivity index (χ1) is 7.62. The third-order valence-corrected chi connectivity index (χ3v) is 2.39. The lowest BCUT2D eigenvalue weighted by molar-refractivity contribution is -0.161. The predicted octanol–water partition coefficient (Wildman–Crippen LogP) is 1.04. The fourth-order valence-electron chi connectivity index (χ4n) is 1.46. The maximum Gasteiger partial charge on any atom is 0.226 e. The Labute approximate surface area is 103 Å². The minimum absolute atomic E-state index is 0.183. The monoisotopic (exact) mass is 241 g/mol. The fourth-order valence-corrected chi connectivity index (χ4v) is 1.46. The number of hydroxylamine groups is 2. The van der Waals surface area contributed by atoms with Crippen LogP contribution in [0, 0.1) is 5.41 Å². The summed E-state index contributed by atoms with van der Waals surface area (Å²) in [6, 6.07) is 0. The van der Waals surface area contributed by atoms with E-state index in [-0.39, 0.29) is 17.3 Å². The summed E-state index contributed by atoms with van der Waals surface area (Å²) in [6.45, 7) is 10.8. The van der Waals surface area contributed by atoms with Crippen LogP contribution in [-0.2, 0) is 4.84 Å². The summed E-state index contributed by atoms with van der Waals surface area (Å²) in [5.41, 5.74) is 10.9. The van der Waals surface area contributed by atoms with Gasteiger partial charge in [0.15, 0.2) is 5.66 Å². The molecule has 17 heavy (non-hydrogen) atoms. The van der Waals surface area contributed by atoms with Gasteiger partial charge < -0.3 is 11.5 Å². The predicted molar refractivity (Wildman–Crippen MR) is 69.2 cm³/mol. The minimum Gasteiger partial charge on any atom is -0.368 e. The van der Waals surface area contributed by atoms with Gasteiger partial charge in [0.25, 0.3) is 0 Å². The topological polar surface area (TPSA) is 89.2 Å². The summed E-state index contributed by atoms with van der Waals surface area (Å²) in [6.07, 6.45) is 0.923. The molecule has 0 bridgehead atoms. The Bertz CT molecular complexity index is 340. The highest BCUT2D eigenvalue weighted by Gasteiger charge is 2.33. The van der Waals surface area contributed by atoms with Gasteiger partial charge in [-0.05, 0) is 25.7 Å². The van der Waals surface area contributed by atoms with Gasteiger partial charge in [0.05, 0.1) is 6.61 Å². The van der Waals surface area contributed by atoms with Crippen LogP contribution in [0.5, 0.6) is 0 Å². The van der Waals surface area contributed by atoms with Gasteiger partial charge >= 0.3 is 0 Å². The highest BCUT2D eigenvalue weighted by atomic mass is 16.7. The van der Waals surface area contributed by atoms with Crippen molar-refractivity contribution in [2.75, 3.05) is 6.61 Å². The number of hydrogen-bond donors (Lipinski definition) is 2. The second-order valence-electron chi connectivity index (χ2n) is 5.87. The quantitative estimate of drug-likeness (QED) is 0.772. The molecule has 4 N–H and O–H groups in total. The molecule has 0 aromatic heterocycles. The Hall–Kier alpha value is -1.30. The largest absolute Gasteiger partial charge is 0.368 e. The smallest absolute Gasteiger partial charge is 0.226 e. The van der Waals surface area contributed by atoms with Gasteiger partial charge in [0.2, 0.25) is 11.9 Å². The second-order valence-corrected chi connectivity index (χ2v) is 5.87. The van der Waals surface area contributed by atoms with Crippen molar-refractivity contribution in [1.29, 1.82) is 0 Å². The molecule has 6 nitrogen and oxygen atoms in total. The lowest BCUT2D eigenvalue weighted by Crippen LogP contribution is -2.53.